The number of aromatic nitrogens is 2. The first-order valence-corrected chi connectivity index (χ1v) is 9.84. The van der Waals surface area contributed by atoms with E-state index in [0.29, 0.717) is 36.7 Å². The molecule has 0 radical (unpaired) electrons. The zero-order chi connectivity index (χ0) is 22.1. The van der Waals surface area contributed by atoms with E-state index in [1.165, 1.54) is 6.08 Å². The van der Waals surface area contributed by atoms with Gasteiger partial charge < -0.3 is 19.0 Å². The van der Waals surface area contributed by atoms with Crippen LogP contribution in [0.3, 0.4) is 0 Å². The Morgan fingerprint density at radius 2 is 2.06 bits per heavy atom. The molecule has 1 N–H and O–H groups in total. The van der Waals surface area contributed by atoms with Crippen molar-refractivity contribution in [3.8, 4) is 17.4 Å². The molecule has 0 bridgehead atoms. The van der Waals surface area contributed by atoms with Gasteiger partial charge in [0.2, 0.25) is 0 Å². The van der Waals surface area contributed by atoms with Crippen molar-refractivity contribution in [3.63, 3.8) is 0 Å². The molecule has 8 heteroatoms. The average molecular weight is 418 g/mol. The molecule has 0 spiro atoms. The highest BCUT2D eigenvalue weighted by atomic mass is 16.5. The van der Waals surface area contributed by atoms with Crippen LogP contribution in [0.15, 0.2) is 65.1 Å². The van der Waals surface area contributed by atoms with E-state index < -0.39 is 5.91 Å². The minimum atomic E-state index is -0.454. The fourth-order valence-corrected chi connectivity index (χ4v) is 2.84. The van der Waals surface area contributed by atoms with Crippen molar-refractivity contribution < 1.29 is 18.7 Å². The molecule has 2 aromatic heterocycles. The standard InChI is InChI=1S/C23H22N4O4/c1-2-30-23(29)18-6-4-17(5-7-18)21-9-8-20(31-21)14-19(15-24)22(28)26-10-3-12-27-13-11-25-16-27/h4-9,11,13-14,16H,2-3,10,12H2,1H3,(H,26,28)/b19-14+. The highest BCUT2D eigenvalue weighted by Crippen LogP contribution is 2.24. The van der Waals surface area contributed by atoms with E-state index in [9.17, 15) is 14.9 Å². The van der Waals surface area contributed by atoms with Crippen molar-refractivity contribution in [2.75, 3.05) is 13.2 Å². The number of carbonyl (C=O) groups excluding carboxylic acids is 2. The first-order valence-electron chi connectivity index (χ1n) is 9.84. The number of amides is 1. The minimum absolute atomic E-state index is 0.0406. The number of benzene rings is 1. The van der Waals surface area contributed by atoms with Gasteiger partial charge >= 0.3 is 5.97 Å². The molecule has 0 aliphatic carbocycles. The molecule has 3 rings (SSSR count). The number of furan rings is 1. The molecule has 8 nitrogen and oxygen atoms in total. The predicted octanol–water partition coefficient (Wildman–Crippen LogP) is 3.43. The Labute approximate surface area is 179 Å². The quantitative estimate of drug-likeness (QED) is 0.247. The average Bonchev–Trinajstić information content (AvgIpc) is 3.47. The molecule has 0 fully saturated rings. The van der Waals surface area contributed by atoms with Gasteiger partial charge in [0.25, 0.3) is 5.91 Å². The lowest BCUT2D eigenvalue weighted by molar-refractivity contribution is -0.117. The highest BCUT2D eigenvalue weighted by molar-refractivity contribution is 6.01. The zero-order valence-corrected chi connectivity index (χ0v) is 17.1. The molecular weight excluding hydrogens is 396 g/mol. The number of hydrogen-bond acceptors (Lipinski definition) is 6. The number of nitrogens with one attached hydrogen (secondary N) is 1. The summed E-state index contributed by atoms with van der Waals surface area (Å²) in [5, 5.41) is 12.1. The third-order valence-electron chi connectivity index (χ3n) is 4.40. The van der Waals surface area contributed by atoms with Crippen molar-refractivity contribution in [1.82, 2.24) is 14.9 Å². The summed E-state index contributed by atoms with van der Waals surface area (Å²) < 4.78 is 12.6. The lowest BCUT2D eigenvalue weighted by atomic mass is 10.1. The maximum atomic E-state index is 12.3. The van der Waals surface area contributed by atoms with Gasteiger partial charge in [0.05, 0.1) is 18.5 Å². The van der Waals surface area contributed by atoms with E-state index in [1.807, 2.05) is 16.8 Å². The lowest BCUT2D eigenvalue weighted by Gasteiger charge is -2.04. The second kappa shape index (κ2) is 10.6. The SMILES string of the molecule is CCOC(=O)c1ccc(-c2ccc(/C=C(\C#N)C(=O)NCCCn3ccnc3)o2)cc1. The summed E-state index contributed by atoms with van der Waals surface area (Å²) in [6.07, 6.45) is 7.37. The number of nitriles is 1. The number of imidazole rings is 1. The second-order valence-electron chi connectivity index (χ2n) is 6.58. The van der Waals surface area contributed by atoms with Crippen LogP contribution in [0.1, 0.15) is 29.5 Å². The Morgan fingerprint density at radius 1 is 1.26 bits per heavy atom. The van der Waals surface area contributed by atoms with Crippen molar-refractivity contribution >= 4 is 18.0 Å². The zero-order valence-electron chi connectivity index (χ0n) is 17.1. The summed E-state index contributed by atoms with van der Waals surface area (Å²) in [4.78, 5) is 28.0. The second-order valence-corrected chi connectivity index (χ2v) is 6.58. The van der Waals surface area contributed by atoms with Gasteiger partial charge in [0.1, 0.15) is 23.2 Å². The molecule has 1 aromatic carbocycles. The molecule has 31 heavy (non-hydrogen) atoms. The van der Waals surface area contributed by atoms with E-state index >= 15 is 0 Å². The first-order chi connectivity index (χ1) is 15.1. The third kappa shape index (κ3) is 5.93. The van der Waals surface area contributed by atoms with Crippen molar-refractivity contribution in [2.45, 2.75) is 19.9 Å². The summed E-state index contributed by atoms with van der Waals surface area (Å²) in [7, 11) is 0. The van der Waals surface area contributed by atoms with Crippen LogP contribution < -0.4 is 5.32 Å². The number of nitrogens with zero attached hydrogens (tertiary/aromatic N) is 3. The van der Waals surface area contributed by atoms with Crippen molar-refractivity contribution in [3.05, 3.63) is 72.0 Å². The Bertz CT molecular complexity index is 1090. The summed E-state index contributed by atoms with van der Waals surface area (Å²) in [5.74, 6) is 0.103. The normalized spacial score (nSPS) is 11.0. The Hall–Kier alpha value is -4.12. The molecule has 0 atom stereocenters. The van der Waals surface area contributed by atoms with E-state index in [-0.39, 0.29) is 11.5 Å². The van der Waals surface area contributed by atoms with Gasteiger partial charge in [0, 0.05) is 37.1 Å². The maximum Gasteiger partial charge on any atom is 0.338 e. The Balaban J connectivity index is 1.60. The van der Waals surface area contributed by atoms with Crippen molar-refractivity contribution in [1.29, 1.82) is 5.26 Å². The minimum Gasteiger partial charge on any atom is -0.462 e. The smallest absolute Gasteiger partial charge is 0.338 e. The number of rotatable bonds is 9. The van der Waals surface area contributed by atoms with E-state index in [0.717, 1.165) is 12.1 Å². The third-order valence-corrected chi connectivity index (χ3v) is 4.40. The van der Waals surface area contributed by atoms with Crippen LogP contribution in [0.25, 0.3) is 17.4 Å². The molecule has 158 valence electrons. The predicted molar refractivity (Wildman–Crippen MR) is 114 cm³/mol. The van der Waals surface area contributed by atoms with Gasteiger partial charge in [-0.05, 0) is 37.6 Å². The van der Waals surface area contributed by atoms with Gasteiger partial charge in [-0.1, -0.05) is 12.1 Å². The van der Waals surface area contributed by atoms with Gasteiger partial charge in [0.15, 0.2) is 0 Å². The number of esters is 1. The monoisotopic (exact) mass is 418 g/mol. The van der Waals surface area contributed by atoms with E-state index in [1.54, 1.807) is 55.8 Å². The molecule has 1 amide bonds. The van der Waals surface area contributed by atoms with Crippen LogP contribution in [-0.2, 0) is 16.1 Å². The number of carbonyl (C=O) groups is 2. The highest BCUT2D eigenvalue weighted by Gasteiger charge is 2.12. The lowest BCUT2D eigenvalue weighted by Crippen LogP contribution is -2.26. The first kappa shape index (κ1) is 21.6. The molecule has 0 saturated heterocycles. The van der Waals surface area contributed by atoms with Crippen LogP contribution in [0.4, 0.5) is 0 Å². The molecule has 2 heterocycles. The number of ether oxygens (including phenoxy) is 1. The molecule has 3 aromatic rings. The fraction of sp³-hybridized carbons (Fsp3) is 0.217. The van der Waals surface area contributed by atoms with Crippen molar-refractivity contribution in [2.24, 2.45) is 0 Å². The number of aryl methyl sites for hydroxylation is 1. The van der Waals surface area contributed by atoms with Gasteiger partial charge in [-0.3, -0.25) is 4.79 Å². The summed E-state index contributed by atoms with van der Waals surface area (Å²) >= 11 is 0. The maximum absolute atomic E-state index is 12.3. The molecule has 0 aliphatic heterocycles. The largest absolute Gasteiger partial charge is 0.462 e. The summed E-state index contributed by atoms with van der Waals surface area (Å²) in [6, 6.07) is 12.1. The van der Waals surface area contributed by atoms with Gasteiger partial charge in [-0.2, -0.15) is 5.26 Å². The van der Waals surface area contributed by atoms with E-state index in [4.69, 9.17) is 9.15 Å². The number of hydrogen-bond donors (Lipinski definition) is 1. The fourth-order valence-electron chi connectivity index (χ4n) is 2.84. The molecule has 0 saturated carbocycles. The summed E-state index contributed by atoms with van der Waals surface area (Å²) in [5.41, 5.74) is 1.17. The van der Waals surface area contributed by atoms with Crippen LogP contribution in [0.5, 0.6) is 0 Å². The van der Waals surface area contributed by atoms with Crippen LogP contribution in [0, 0.1) is 11.3 Å². The van der Waals surface area contributed by atoms with Crippen LogP contribution in [-0.4, -0.2) is 34.6 Å². The van der Waals surface area contributed by atoms with Gasteiger partial charge in [-0.15, -0.1) is 0 Å². The van der Waals surface area contributed by atoms with E-state index in [2.05, 4.69) is 10.3 Å². The Kier molecular flexibility index (Phi) is 7.38. The molecule has 0 unspecified atom stereocenters. The van der Waals surface area contributed by atoms with Gasteiger partial charge in [-0.25, -0.2) is 9.78 Å². The van der Waals surface area contributed by atoms with Crippen LogP contribution in [0.2, 0.25) is 0 Å². The molecular formula is C23H22N4O4. The molecule has 0 aliphatic rings. The topological polar surface area (TPSA) is 110 Å². The van der Waals surface area contributed by atoms with Crippen LogP contribution >= 0.6 is 0 Å². The summed E-state index contributed by atoms with van der Waals surface area (Å²) in [6.45, 7) is 3.23. The Morgan fingerprint density at radius 3 is 2.74 bits per heavy atom.